The molecule has 3 nitrogen and oxygen atoms in total. The van der Waals surface area contributed by atoms with Crippen molar-refractivity contribution in [3.63, 3.8) is 0 Å². The summed E-state index contributed by atoms with van der Waals surface area (Å²) >= 11 is 3.64. The van der Waals surface area contributed by atoms with E-state index < -0.39 is 0 Å². The molecule has 1 aromatic heterocycles. The summed E-state index contributed by atoms with van der Waals surface area (Å²) in [6, 6.07) is 6.08. The normalized spacial score (nSPS) is 18.9. The molecule has 1 atom stereocenters. The first-order valence-electron chi connectivity index (χ1n) is 6.24. The molecular weight excluding hydrogens is 328 g/mol. The fourth-order valence-corrected chi connectivity index (χ4v) is 2.89. The van der Waals surface area contributed by atoms with E-state index in [0.717, 1.165) is 40.5 Å². The van der Waals surface area contributed by atoms with Crippen LogP contribution < -0.4 is 10.1 Å². The molecule has 3 rings (SSSR count). The monoisotopic (exact) mass is 342 g/mol. The number of pyridine rings is 1. The van der Waals surface area contributed by atoms with Crippen LogP contribution in [0, 0.1) is 0 Å². The first-order valence-corrected chi connectivity index (χ1v) is 7.03. The maximum absolute atomic E-state index is 6.06. The van der Waals surface area contributed by atoms with Crippen LogP contribution in [0.2, 0.25) is 0 Å². The molecule has 1 N–H and O–H groups in total. The summed E-state index contributed by atoms with van der Waals surface area (Å²) in [6.07, 6.45) is 6.24. The number of halogens is 2. The minimum absolute atomic E-state index is 0. The molecule has 0 radical (unpaired) electrons. The average Bonchev–Trinajstić information content (AvgIpc) is 2.43. The van der Waals surface area contributed by atoms with E-state index in [1.165, 1.54) is 6.42 Å². The zero-order valence-electron chi connectivity index (χ0n) is 10.4. The maximum atomic E-state index is 6.06. The molecular formula is C14H16BrClN2O. The van der Waals surface area contributed by atoms with Crippen LogP contribution in [0.15, 0.2) is 35.1 Å². The van der Waals surface area contributed by atoms with Crippen molar-refractivity contribution in [3.8, 4) is 5.75 Å². The molecule has 0 saturated carbocycles. The molecule has 102 valence electrons. The van der Waals surface area contributed by atoms with E-state index in [9.17, 15) is 0 Å². The largest absolute Gasteiger partial charge is 0.488 e. The SMILES string of the molecule is Brc1c(OC2CCCNC2)ccc2cnccc12.Cl. The molecule has 1 aromatic carbocycles. The molecule has 1 saturated heterocycles. The fourth-order valence-electron chi connectivity index (χ4n) is 2.30. The van der Waals surface area contributed by atoms with Gasteiger partial charge >= 0.3 is 0 Å². The predicted molar refractivity (Wildman–Crippen MR) is 83.2 cm³/mol. The van der Waals surface area contributed by atoms with E-state index in [1.807, 2.05) is 18.3 Å². The van der Waals surface area contributed by atoms with Crippen molar-refractivity contribution >= 4 is 39.1 Å². The number of ether oxygens (including phenoxy) is 1. The van der Waals surface area contributed by atoms with E-state index in [0.29, 0.717) is 0 Å². The summed E-state index contributed by atoms with van der Waals surface area (Å²) in [5.41, 5.74) is 0. The third-order valence-corrected chi connectivity index (χ3v) is 4.08. The Balaban J connectivity index is 0.00000133. The Morgan fingerprint density at radius 3 is 3.00 bits per heavy atom. The second-order valence-electron chi connectivity index (χ2n) is 4.56. The van der Waals surface area contributed by atoms with Crippen LogP contribution in [0.3, 0.4) is 0 Å². The zero-order chi connectivity index (χ0) is 12.4. The first kappa shape index (κ1) is 14.6. The zero-order valence-corrected chi connectivity index (χ0v) is 12.8. The van der Waals surface area contributed by atoms with Crippen LogP contribution in [0.4, 0.5) is 0 Å². The Morgan fingerprint density at radius 2 is 2.21 bits per heavy atom. The van der Waals surface area contributed by atoms with Crippen molar-refractivity contribution in [1.82, 2.24) is 10.3 Å². The number of rotatable bonds is 2. The smallest absolute Gasteiger partial charge is 0.134 e. The van der Waals surface area contributed by atoms with E-state index in [4.69, 9.17) is 4.74 Å². The van der Waals surface area contributed by atoms with Gasteiger partial charge in [0.25, 0.3) is 0 Å². The highest BCUT2D eigenvalue weighted by Gasteiger charge is 2.16. The maximum Gasteiger partial charge on any atom is 0.134 e. The van der Waals surface area contributed by atoms with Gasteiger partial charge in [0, 0.05) is 29.7 Å². The quantitative estimate of drug-likeness (QED) is 0.905. The summed E-state index contributed by atoms with van der Waals surface area (Å²) in [6.45, 7) is 2.03. The molecule has 1 aliphatic heterocycles. The van der Waals surface area contributed by atoms with E-state index in [1.54, 1.807) is 6.20 Å². The minimum Gasteiger partial charge on any atom is -0.488 e. The van der Waals surface area contributed by atoms with Crippen molar-refractivity contribution in [2.24, 2.45) is 0 Å². The van der Waals surface area contributed by atoms with Gasteiger partial charge in [0.05, 0.1) is 4.47 Å². The van der Waals surface area contributed by atoms with Crippen LogP contribution in [0.1, 0.15) is 12.8 Å². The van der Waals surface area contributed by atoms with Crippen LogP contribution >= 0.6 is 28.3 Å². The molecule has 0 aliphatic carbocycles. The second-order valence-corrected chi connectivity index (χ2v) is 5.35. The number of hydrogen-bond donors (Lipinski definition) is 1. The van der Waals surface area contributed by atoms with E-state index in [-0.39, 0.29) is 18.5 Å². The van der Waals surface area contributed by atoms with Gasteiger partial charge in [0.15, 0.2) is 0 Å². The van der Waals surface area contributed by atoms with Crippen molar-refractivity contribution < 1.29 is 4.74 Å². The highest BCUT2D eigenvalue weighted by atomic mass is 79.9. The topological polar surface area (TPSA) is 34.1 Å². The average molecular weight is 344 g/mol. The lowest BCUT2D eigenvalue weighted by Crippen LogP contribution is -2.37. The second kappa shape index (κ2) is 6.55. The van der Waals surface area contributed by atoms with Crippen LogP contribution in [-0.4, -0.2) is 24.2 Å². The summed E-state index contributed by atoms with van der Waals surface area (Å²) in [5.74, 6) is 0.919. The summed E-state index contributed by atoms with van der Waals surface area (Å²) in [7, 11) is 0. The van der Waals surface area contributed by atoms with Gasteiger partial charge < -0.3 is 10.1 Å². The predicted octanol–water partition coefficient (Wildman–Crippen LogP) is 3.55. The van der Waals surface area contributed by atoms with E-state index in [2.05, 4.69) is 32.3 Å². The van der Waals surface area contributed by atoms with Crippen molar-refractivity contribution in [3.05, 3.63) is 35.1 Å². The van der Waals surface area contributed by atoms with Gasteiger partial charge in [0.1, 0.15) is 11.9 Å². The lowest BCUT2D eigenvalue weighted by atomic mass is 10.1. The number of hydrogen-bond acceptors (Lipinski definition) is 3. The number of fused-ring (bicyclic) bond motifs is 1. The van der Waals surface area contributed by atoms with Gasteiger partial charge in [-0.15, -0.1) is 12.4 Å². The minimum atomic E-state index is 0. The Labute approximate surface area is 127 Å². The molecule has 2 aromatic rings. The molecule has 1 fully saturated rings. The first-order chi connectivity index (χ1) is 8.84. The lowest BCUT2D eigenvalue weighted by molar-refractivity contribution is 0.166. The molecule has 0 bridgehead atoms. The summed E-state index contributed by atoms with van der Waals surface area (Å²) in [4.78, 5) is 4.13. The molecule has 0 amide bonds. The number of aromatic nitrogens is 1. The third kappa shape index (κ3) is 3.19. The highest BCUT2D eigenvalue weighted by molar-refractivity contribution is 9.10. The van der Waals surface area contributed by atoms with Crippen LogP contribution in [-0.2, 0) is 0 Å². The third-order valence-electron chi connectivity index (χ3n) is 3.26. The molecule has 0 spiro atoms. The lowest BCUT2D eigenvalue weighted by Gasteiger charge is -2.24. The summed E-state index contributed by atoms with van der Waals surface area (Å²) in [5, 5.41) is 5.63. The number of nitrogens with zero attached hydrogens (tertiary/aromatic N) is 1. The molecule has 1 unspecified atom stereocenters. The molecule has 1 aliphatic rings. The Hall–Kier alpha value is -0.840. The van der Waals surface area contributed by atoms with Crippen LogP contribution in [0.25, 0.3) is 10.8 Å². The van der Waals surface area contributed by atoms with E-state index >= 15 is 0 Å². The van der Waals surface area contributed by atoms with Crippen LogP contribution in [0.5, 0.6) is 5.75 Å². The standard InChI is InChI=1S/C14H15BrN2O.ClH/c15-14-12-5-7-17-8-10(12)3-4-13(14)18-11-2-1-6-16-9-11;/h3-5,7-8,11,16H,1-2,6,9H2;1H. The number of nitrogens with one attached hydrogen (secondary N) is 1. The highest BCUT2D eigenvalue weighted by Crippen LogP contribution is 2.33. The molecule has 19 heavy (non-hydrogen) atoms. The van der Waals surface area contributed by atoms with Gasteiger partial charge in [-0.2, -0.15) is 0 Å². The van der Waals surface area contributed by atoms with Crippen molar-refractivity contribution in [2.75, 3.05) is 13.1 Å². The number of benzene rings is 1. The Morgan fingerprint density at radius 1 is 1.32 bits per heavy atom. The molecule has 2 heterocycles. The van der Waals surface area contributed by atoms with Gasteiger partial charge in [0.2, 0.25) is 0 Å². The van der Waals surface area contributed by atoms with Gasteiger partial charge in [-0.3, -0.25) is 4.98 Å². The summed E-state index contributed by atoms with van der Waals surface area (Å²) < 4.78 is 7.09. The fraction of sp³-hybridized carbons (Fsp3) is 0.357. The number of piperidine rings is 1. The van der Waals surface area contributed by atoms with Crippen molar-refractivity contribution in [2.45, 2.75) is 18.9 Å². The van der Waals surface area contributed by atoms with Gasteiger partial charge in [-0.1, -0.05) is 0 Å². The van der Waals surface area contributed by atoms with Gasteiger partial charge in [-0.25, -0.2) is 0 Å². The van der Waals surface area contributed by atoms with Gasteiger partial charge in [-0.05, 0) is 53.5 Å². The Bertz CT molecular complexity index is 558. The Kier molecular flexibility index (Phi) is 5.02. The van der Waals surface area contributed by atoms with Crippen molar-refractivity contribution in [1.29, 1.82) is 0 Å². The molecule has 5 heteroatoms.